The molecule has 2 aromatic rings. The third-order valence-corrected chi connectivity index (χ3v) is 5.12. The zero-order chi connectivity index (χ0) is 20.4. The summed E-state index contributed by atoms with van der Waals surface area (Å²) >= 11 is 0. The van der Waals surface area contributed by atoms with Gasteiger partial charge in [-0.05, 0) is 24.3 Å². The molecule has 154 valence electrons. The van der Waals surface area contributed by atoms with Crippen molar-refractivity contribution >= 4 is 31.0 Å². The summed E-state index contributed by atoms with van der Waals surface area (Å²) in [6.07, 6.45) is 1.05. The summed E-state index contributed by atoms with van der Waals surface area (Å²) in [5.74, 6) is 0.714. The lowest BCUT2D eigenvalue weighted by atomic mass is 10.2. The smallest absolute Gasteiger partial charge is 0.392 e. The maximum atomic E-state index is 11.2. The van der Waals surface area contributed by atoms with Crippen molar-refractivity contribution in [2.45, 2.75) is 44.2 Å². The third-order valence-electron chi connectivity index (χ3n) is 4.61. The highest BCUT2D eigenvalue weighted by molar-refractivity contribution is 7.38. The molecule has 4 N–H and O–H groups in total. The van der Waals surface area contributed by atoms with Crippen molar-refractivity contribution < 1.29 is 24.0 Å². The average molecular weight is 413 g/mol. The molecular weight excluding hydrogens is 387 g/mol. The molecule has 0 spiro atoms. The van der Waals surface area contributed by atoms with Gasteiger partial charge in [-0.1, -0.05) is 0 Å². The SMILES string of the molecule is CC(O)[C@@H](CO[P+](C)=O)O[C@H](CO)n1cnc2c(N(C)C3CC3)nc(N)nc21. The molecular formula is C16H26N6O5P+. The van der Waals surface area contributed by atoms with Gasteiger partial charge in [-0.3, -0.25) is 4.57 Å². The van der Waals surface area contributed by atoms with Crippen LogP contribution in [0, 0.1) is 0 Å². The highest BCUT2D eigenvalue weighted by Crippen LogP contribution is 2.33. The number of aromatic nitrogens is 4. The van der Waals surface area contributed by atoms with Crippen molar-refractivity contribution in [3.05, 3.63) is 6.33 Å². The van der Waals surface area contributed by atoms with E-state index in [9.17, 15) is 14.8 Å². The fourth-order valence-electron chi connectivity index (χ4n) is 2.88. The van der Waals surface area contributed by atoms with Crippen LogP contribution in [0.15, 0.2) is 6.33 Å². The van der Waals surface area contributed by atoms with E-state index >= 15 is 0 Å². The Bertz CT molecular complexity index is 842. The van der Waals surface area contributed by atoms with Crippen LogP contribution in [0.4, 0.5) is 11.8 Å². The first-order valence-corrected chi connectivity index (χ1v) is 10.6. The van der Waals surface area contributed by atoms with Gasteiger partial charge in [0, 0.05) is 13.1 Å². The van der Waals surface area contributed by atoms with Crippen molar-refractivity contribution in [1.29, 1.82) is 0 Å². The number of imidazole rings is 1. The van der Waals surface area contributed by atoms with Crippen molar-refractivity contribution in [2.75, 3.05) is 37.6 Å². The van der Waals surface area contributed by atoms with E-state index in [1.807, 2.05) is 11.9 Å². The predicted molar refractivity (Wildman–Crippen MR) is 103 cm³/mol. The Balaban J connectivity index is 1.90. The Morgan fingerprint density at radius 2 is 2.18 bits per heavy atom. The number of ether oxygens (including phenoxy) is 1. The van der Waals surface area contributed by atoms with Crippen molar-refractivity contribution in [3.8, 4) is 0 Å². The molecule has 0 bridgehead atoms. The quantitative estimate of drug-likeness (QED) is 0.474. The first kappa shape index (κ1) is 20.8. The van der Waals surface area contributed by atoms with Crippen LogP contribution in [0.2, 0.25) is 0 Å². The Kier molecular flexibility index (Phi) is 6.41. The van der Waals surface area contributed by atoms with Crippen LogP contribution in [0.1, 0.15) is 26.0 Å². The molecule has 11 nitrogen and oxygen atoms in total. The topological polar surface area (TPSA) is 149 Å². The molecule has 1 aliphatic rings. The van der Waals surface area contributed by atoms with E-state index in [4.69, 9.17) is 15.0 Å². The van der Waals surface area contributed by atoms with Gasteiger partial charge < -0.3 is 25.6 Å². The largest absolute Gasteiger partial charge is 0.504 e. The lowest BCUT2D eigenvalue weighted by molar-refractivity contribution is -0.128. The van der Waals surface area contributed by atoms with E-state index in [-0.39, 0.29) is 12.6 Å². The first-order valence-electron chi connectivity index (χ1n) is 9.02. The molecule has 3 rings (SSSR count). The Morgan fingerprint density at radius 1 is 1.46 bits per heavy atom. The number of hydrogen-bond donors (Lipinski definition) is 3. The normalized spacial score (nSPS) is 18.1. The van der Waals surface area contributed by atoms with E-state index < -0.39 is 33.1 Å². The number of nitrogen functional groups attached to an aromatic ring is 1. The number of rotatable bonds is 10. The minimum atomic E-state index is -1.84. The van der Waals surface area contributed by atoms with Gasteiger partial charge in [0.1, 0.15) is 12.7 Å². The number of anilines is 2. The van der Waals surface area contributed by atoms with Crippen molar-refractivity contribution in [1.82, 2.24) is 19.5 Å². The summed E-state index contributed by atoms with van der Waals surface area (Å²) in [7, 11) is 0.0931. The second-order valence-corrected chi connectivity index (χ2v) is 8.00. The summed E-state index contributed by atoms with van der Waals surface area (Å²) in [5, 5.41) is 19.8. The molecule has 0 aliphatic heterocycles. The van der Waals surface area contributed by atoms with Gasteiger partial charge in [0.25, 0.3) is 0 Å². The number of fused-ring (bicyclic) bond motifs is 1. The van der Waals surface area contributed by atoms with E-state index in [1.165, 1.54) is 19.9 Å². The summed E-state index contributed by atoms with van der Waals surface area (Å²) in [6, 6.07) is 0.403. The van der Waals surface area contributed by atoms with Gasteiger partial charge in [-0.15, -0.1) is 4.52 Å². The third kappa shape index (κ3) is 4.56. The van der Waals surface area contributed by atoms with Gasteiger partial charge >= 0.3 is 8.03 Å². The van der Waals surface area contributed by atoms with Crippen LogP contribution >= 0.6 is 8.03 Å². The van der Waals surface area contributed by atoms with E-state index in [0.29, 0.717) is 23.0 Å². The lowest BCUT2D eigenvalue weighted by Crippen LogP contribution is -2.34. The second kappa shape index (κ2) is 8.62. The highest BCUT2D eigenvalue weighted by atomic mass is 31.1. The number of nitrogens with zero attached hydrogens (tertiary/aromatic N) is 5. The van der Waals surface area contributed by atoms with Crippen LogP contribution in [0.25, 0.3) is 11.2 Å². The molecule has 0 aromatic carbocycles. The lowest BCUT2D eigenvalue weighted by Gasteiger charge is -2.25. The van der Waals surface area contributed by atoms with E-state index in [2.05, 4.69) is 15.0 Å². The minimum absolute atomic E-state index is 0.0840. The molecule has 0 radical (unpaired) electrons. The molecule has 1 saturated carbocycles. The van der Waals surface area contributed by atoms with Crippen molar-refractivity contribution in [3.63, 3.8) is 0 Å². The predicted octanol–water partition coefficient (Wildman–Crippen LogP) is 0.653. The van der Waals surface area contributed by atoms with Gasteiger partial charge in [-0.25, -0.2) is 4.98 Å². The van der Waals surface area contributed by atoms with Gasteiger partial charge in [0.15, 0.2) is 29.9 Å². The van der Waals surface area contributed by atoms with Crippen LogP contribution in [-0.2, 0) is 13.8 Å². The average Bonchev–Trinajstić information content (AvgIpc) is 3.41. The first-order chi connectivity index (χ1) is 13.3. The fourth-order valence-corrected chi connectivity index (χ4v) is 3.24. The number of hydrogen-bond acceptors (Lipinski definition) is 10. The molecule has 4 atom stereocenters. The summed E-state index contributed by atoms with van der Waals surface area (Å²) in [6.45, 7) is 2.46. The Labute approximate surface area is 163 Å². The monoisotopic (exact) mass is 413 g/mol. The van der Waals surface area contributed by atoms with Crippen LogP contribution in [0.5, 0.6) is 0 Å². The zero-order valence-electron chi connectivity index (χ0n) is 16.1. The molecule has 0 amide bonds. The highest BCUT2D eigenvalue weighted by Gasteiger charge is 2.31. The zero-order valence-corrected chi connectivity index (χ0v) is 17.0. The fraction of sp³-hybridized carbons (Fsp3) is 0.688. The molecule has 2 unspecified atom stereocenters. The summed E-state index contributed by atoms with van der Waals surface area (Å²) < 4.78 is 23.7. The van der Waals surface area contributed by atoms with Gasteiger partial charge in [0.2, 0.25) is 5.95 Å². The molecule has 1 aliphatic carbocycles. The van der Waals surface area contributed by atoms with Crippen LogP contribution in [0.3, 0.4) is 0 Å². The summed E-state index contributed by atoms with van der Waals surface area (Å²) in [5.41, 5.74) is 6.86. The molecule has 2 heterocycles. The number of aliphatic hydroxyl groups is 2. The number of aliphatic hydroxyl groups excluding tert-OH is 2. The maximum Gasteiger partial charge on any atom is 0.504 e. The number of nitrogens with two attached hydrogens (primary N) is 1. The van der Waals surface area contributed by atoms with Crippen LogP contribution in [-0.4, -0.2) is 74.9 Å². The van der Waals surface area contributed by atoms with Gasteiger partial charge in [-0.2, -0.15) is 9.97 Å². The van der Waals surface area contributed by atoms with Crippen LogP contribution < -0.4 is 10.6 Å². The Hall–Kier alpha value is -1.91. The second-order valence-electron chi connectivity index (χ2n) is 6.86. The van der Waals surface area contributed by atoms with Gasteiger partial charge in [0.05, 0.1) is 19.0 Å². The molecule has 2 aromatic heterocycles. The molecule has 0 saturated heterocycles. The minimum Gasteiger partial charge on any atom is -0.392 e. The molecule has 28 heavy (non-hydrogen) atoms. The molecule has 1 fully saturated rings. The summed E-state index contributed by atoms with van der Waals surface area (Å²) in [4.78, 5) is 15.0. The van der Waals surface area contributed by atoms with E-state index in [1.54, 1.807) is 4.57 Å². The Morgan fingerprint density at radius 3 is 2.75 bits per heavy atom. The van der Waals surface area contributed by atoms with E-state index in [0.717, 1.165) is 12.8 Å². The van der Waals surface area contributed by atoms with Crippen molar-refractivity contribution in [2.24, 2.45) is 0 Å². The molecule has 12 heteroatoms. The standard InChI is InChI=1S/C16H26N6O5P/c1-9(24)11(7-26-28(3)25)27-12(6-23)22-8-18-13-14(21(2)10-4-5-10)19-16(17)20-15(13)22/h8-12,23-24H,4-7H2,1-3H3,(H2,17,19,20)/q+1/t9?,11-,12-/m1/s1. The maximum absolute atomic E-state index is 11.2.